The van der Waals surface area contributed by atoms with Crippen LogP contribution in [0, 0.1) is 12.8 Å². The van der Waals surface area contributed by atoms with Gasteiger partial charge >= 0.3 is 5.97 Å². The van der Waals surface area contributed by atoms with Crippen molar-refractivity contribution in [3.8, 4) is 0 Å². The Kier molecular flexibility index (Phi) is 5.96. The van der Waals surface area contributed by atoms with Crippen molar-refractivity contribution in [3.63, 3.8) is 0 Å². The van der Waals surface area contributed by atoms with Crippen molar-refractivity contribution in [2.45, 2.75) is 52.1 Å². The third-order valence-corrected chi connectivity index (χ3v) is 6.02. The van der Waals surface area contributed by atoms with Gasteiger partial charge in [-0.1, -0.05) is 31.9 Å². The molecule has 2 heterocycles. The number of aryl methyl sites for hydroxylation is 2. The molecule has 1 fully saturated rings. The fourth-order valence-electron chi connectivity index (χ4n) is 4.05. The normalized spacial score (nSPS) is 18.6. The van der Waals surface area contributed by atoms with Gasteiger partial charge in [0.05, 0.1) is 0 Å². The summed E-state index contributed by atoms with van der Waals surface area (Å²) >= 11 is 0. The number of nitrogens with one attached hydrogen (secondary N) is 1. The summed E-state index contributed by atoms with van der Waals surface area (Å²) in [6, 6.07) is 6.24. The molecular weight excluding hydrogens is 370 g/mol. The van der Waals surface area contributed by atoms with Crippen molar-refractivity contribution in [1.82, 2.24) is 14.8 Å². The Hall–Kier alpha value is -2.83. The summed E-state index contributed by atoms with van der Waals surface area (Å²) in [6.07, 6.45) is 1.80. The predicted octanol–water partition coefficient (Wildman–Crippen LogP) is 2.71. The second-order valence-electron chi connectivity index (χ2n) is 8.02. The average Bonchev–Trinajstić information content (AvgIpc) is 3.30. The van der Waals surface area contributed by atoms with Crippen molar-refractivity contribution in [1.29, 1.82) is 0 Å². The summed E-state index contributed by atoms with van der Waals surface area (Å²) in [5, 5.41) is 13.3. The van der Waals surface area contributed by atoms with Crippen LogP contribution in [0.2, 0.25) is 0 Å². The predicted molar refractivity (Wildman–Crippen MR) is 111 cm³/mol. The number of carbonyl (C=O) groups is 3. The van der Waals surface area contributed by atoms with Crippen molar-refractivity contribution >= 4 is 28.7 Å². The van der Waals surface area contributed by atoms with Crippen LogP contribution in [0.3, 0.4) is 0 Å². The minimum Gasteiger partial charge on any atom is -0.480 e. The molecule has 1 aromatic heterocycles. The van der Waals surface area contributed by atoms with E-state index in [1.807, 2.05) is 56.7 Å². The zero-order valence-electron chi connectivity index (χ0n) is 17.4. The summed E-state index contributed by atoms with van der Waals surface area (Å²) < 4.78 is 1.82. The number of carboxylic acid groups (broad SMARTS) is 1. The first kappa shape index (κ1) is 20.9. The van der Waals surface area contributed by atoms with Crippen molar-refractivity contribution in [2.24, 2.45) is 13.0 Å². The topological polar surface area (TPSA) is 91.6 Å². The highest BCUT2D eigenvalue weighted by Crippen LogP contribution is 2.23. The van der Waals surface area contributed by atoms with E-state index in [4.69, 9.17) is 0 Å². The lowest BCUT2D eigenvalue weighted by Gasteiger charge is -2.30. The molecule has 0 saturated carbocycles. The Labute approximate surface area is 170 Å². The lowest BCUT2D eigenvalue weighted by atomic mass is 9.97. The Morgan fingerprint density at radius 3 is 2.66 bits per heavy atom. The molecule has 1 aliphatic rings. The van der Waals surface area contributed by atoms with Gasteiger partial charge < -0.3 is 19.9 Å². The number of fused-ring (bicyclic) bond motifs is 1. The van der Waals surface area contributed by atoms with Gasteiger partial charge in [-0.25, -0.2) is 4.79 Å². The van der Waals surface area contributed by atoms with Gasteiger partial charge in [0.15, 0.2) is 0 Å². The lowest BCUT2D eigenvalue weighted by molar-refractivity contribution is -0.149. The van der Waals surface area contributed by atoms with Gasteiger partial charge in [0.1, 0.15) is 17.8 Å². The van der Waals surface area contributed by atoms with Gasteiger partial charge in [0.2, 0.25) is 5.91 Å². The SMILES string of the molecule is CCC(C)C(NC(=O)c1cc2cc(C)ccc2n1C)C(=O)N1CCCC1C(=O)O. The molecule has 3 unspecified atom stereocenters. The largest absolute Gasteiger partial charge is 0.480 e. The van der Waals surface area contributed by atoms with E-state index >= 15 is 0 Å². The summed E-state index contributed by atoms with van der Waals surface area (Å²) in [5.41, 5.74) is 2.53. The summed E-state index contributed by atoms with van der Waals surface area (Å²) in [6.45, 7) is 6.26. The smallest absolute Gasteiger partial charge is 0.326 e. The molecule has 2 amide bonds. The van der Waals surface area contributed by atoms with Gasteiger partial charge in [-0.15, -0.1) is 0 Å². The van der Waals surface area contributed by atoms with Gasteiger partial charge in [0, 0.05) is 24.5 Å². The fourth-order valence-corrected chi connectivity index (χ4v) is 4.05. The maximum atomic E-state index is 13.2. The Balaban J connectivity index is 1.87. The Morgan fingerprint density at radius 2 is 2.00 bits per heavy atom. The van der Waals surface area contributed by atoms with Crippen LogP contribution in [-0.4, -0.2) is 51.0 Å². The molecule has 2 aromatic rings. The molecular formula is C22H29N3O4. The molecule has 1 saturated heterocycles. The van der Waals surface area contributed by atoms with Crippen LogP contribution in [0.25, 0.3) is 10.9 Å². The molecule has 0 radical (unpaired) electrons. The van der Waals surface area contributed by atoms with Crippen LogP contribution >= 0.6 is 0 Å². The number of hydrogen-bond donors (Lipinski definition) is 2. The number of aliphatic carboxylic acids is 1. The van der Waals surface area contributed by atoms with E-state index in [-0.39, 0.29) is 17.7 Å². The molecule has 0 spiro atoms. The summed E-state index contributed by atoms with van der Waals surface area (Å²) in [5.74, 6) is -1.74. The van der Waals surface area contributed by atoms with Crippen LogP contribution in [0.4, 0.5) is 0 Å². The van der Waals surface area contributed by atoms with Crippen molar-refractivity contribution < 1.29 is 19.5 Å². The molecule has 2 N–H and O–H groups in total. The first-order chi connectivity index (χ1) is 13.7. The molecule has 3 atom stereocenters. The number of aromatic nitrogens is 1. The van der Waals surface area contributed by atoms with Crippen molar-refractivity contribution in [2.75, 3.05) is 6.54 Å². The van der Waals surface area contributed by atoms with Gasteiger partial charge in [-0.3, -0.25) is 9.59 Å². The Morgan fingerprint density at radius 1 is 1.28 bits per heavy atom. The molecule has 7 heteroatoms. The molecule has 29 heavy (non-hydrogen) atoms. The van der Waals surface area contributed by atoms with Crippen LogP contribution in [0.1, 0.15) is 49.2 Å². The average molecular weight is 399 g/mol. The molecule has 3 rings (SSSR count). The van der Waals surface area contributed by atoms with Gasteiger partial charge in [-0.2, -0.15) is 0 Å². The standard InChI is InChI=1S/C22H29N3O4/c1-5-14(3)19(21(27)25-10-6-7-17(25)22(28)29)23-20(26)18-12-15-11-13(2)8-9-16(15)24(18)4/h8-9,11-12,14,17,19H,5-7,10H2,1-4H3,(H,23,26)(H,28,29). The van der Waals surface area contributed by atoms with E-state index in [0.29, 0.717) is 31.5 Å². The van der Waals surface area contributed by atoms with E-state index in [9.17, 15) is 19.5 Å². The zero-order chi connectivity index (χ0) is 21.3. The van der Waals surface area contributed by atoms with Crippen LogP contribution in [0.15, 0.2) is 24.3 Å². The zero-order valence-corrected chi connectivity index (χ0v) is 17.4. The minimum atomic E-state index is -0.992. The monoisotopic (exact) mass is 399 g/mol. The van der Waals surface area contributed by atoms with E-state index in [2.05, 4.69) is 5.32 Å². The second kappa shape index (κ2) is 8.27. The highest BCUT2D eigenvalue weighted by molar-refractivity contribution is 6.01. The molecule has 0 bridgehead atoms. The maximum Gasteiger partial charge on any atom is 0.326 e. The third kappa shape index (κ3) is 3.99. The van der Waals surface area contributed by atoms with Crippen LogP contribution in [-0.2, 0) is 16.6 Å². The minimum absolute atomic E-state index is 0.113. The van der Waals surface area contributed by atoms with E-state index in [1.165, 1.54) is 4.90 Å². The maximum absolute atomic E-state index is 13.2. The second-order valence-corrected chi connectivity index (χ2v) is 8.02. The van der Waals surface area contributed by atoms with Crippen LogP contribution in [0.5, 0.6) is 0 Å². The number of amides is 2. The van der Waals surface area contributed by atoms with E-state index < -0.39 is 18.1 Å². The summed E-state index contributed by atoms with van der Waals surface area (Å²) in [7, 11) is 1.83. The number of carboxylic acids is 1. The van der Waals surface area contributed by atoms with Crippen LogP contribution < -0.4 is 5.32 Å². The molecule has 1 aromatic carbocycles. The number of benzene rings is 1. The first-order valence-electron chi connectivity index (χ1n) is 10.1. The summed E-state index contributed by atoms with van der Waals surface area (Å²) in [4.78, 5) is 39.2. The highest BCUT2D eigenvalue weighted by atomic mass is 16.4. The Bertz CT molecular complexity index is 949. The number of rotatable bonds is 6. The molecule has 1 aliphatic heterocycles. The quantitative estimate of drug-likeness (QED) is 0.781. The van der Waals surface area contributed by atoms with Gasteiger partial charge in [0.25, 0.3) is 5.91 Å². The number of carbonyl (C=O) groups excluding carboxylic acids is 2. The lowest BCUT2D eigenvalue weighted by Crippen LogP contribution is -2.54. The van der Waals surface area contributed by atoms with E-state index in [0.717, 1.165) is 16.5 Å². The van der Waals surface area contributed by atoms with Crippen molar-refractivity contribution in [3.05, 3.63) is 35.5 Å². The molecule has 0 aliphatic carbocycles. The molecule has 156 valence electrons. The fraction of sp³-hybridized carbons (Fsp3) is 0.500. The molecule has 7 nitrogen and oxygen atoms in total. The number of likely N-dealkylation sites (tertiary alicyclic amines) is 1. The third-order valence-electron chi connectivity index (χ3n) is 6.02. The first-order valence-corrected chi connectivity index (χ1v) is 10.1. The highest BCUT2D eigenvalue weighted by Gasteiger charge is 2.39. The number of hydrogen-bond acceptors (Lipinski definition) is 3. The number of nitrogens with zero attached hydrogens (tertiary/aromatic N) is 2. The van der Waals surface area contributed by atoms with E-state index in [1.54, 1.807) is 0 Å². The van der Waals surface area contributed by atoms with Gasteiger partial charge in [-0.05, 0) is 43.9 Å².